The van der Waals surface area contributed by atoms with E-state index in [4.69, 9.17) is 16.1 Å². The second-order valence-electron chi connectivity index (χ2n) is 7.18. The molecule has 0 aromatic carbocycles. The Labute approximate surface area is 151 Å². The van der Waals surface area contributed by atoms with Crippen molar-refractivity contribution in [3.63, 3.8) is 0 Å². The van der Waals surface area contributed by atoms with Crippen molar-refractivity contribution in [2.75, 3.05) is 6.54 Å². The molecular formula is C18H21ClN4O2. The van der Waals surface area contributed by atoms with Crippen LogP contribution in [0.15, 0.2) is 22.9 Å². The summed E-state index contributed by atoms with van der Waals surface area (Å²) in [5.74, 6) is 1.90. The molecule has 0 bridgehead atoms. The number of carbonyl (C=O) groups excluding carboxylic acids is 1. The molecule has 1 saturated heterocycles. The van der Waals surface area contributed by atoms with E-state index >= 15 is 0 Å². The predicted molar refractivity (Wildman–Crippen MR) is 93.0 cm³/mol. The van der Waals surface area contributed by atoms with Gasteiger partial charge in [-0.05, 0) is 43.7 Å². The molecule has 132 valence electrons. The van der Waals surface area contributed by atoms with E-state index < -0.39 is 0 Å². The van der Waals surface area contributed by atoms with Gasteiger partial charge in [-0.1, -0.05) is 23.7 Å². The summed E-state index contributed by atoms with van der Waals surface area (Å²) < 4.78 is 5.42. The second kappa shape index (κ2) is 6.75. The molecule has 2 aromatic rings. The fraction of sp³-hybridized carbons (Fsp3) is 0.556. The van der Waals surface area contributed by atoms with Crippen LogP contribution >= 0.6 is 11.6 Å². The number of rotatable bonds is 3. The standard InChI is InChI=1S/C18H21ClN4O2/c1-11-2-5-14(6-3-11)23-10-12(8-16(23)24)18-21-17(22-25-18)15-7-4-13(19)9-20-15/h4,7,9,11-12,14H,2-3,5-6,8,10H2,1H3. The van der Waals surface area contributed by atoms with E-state index in [1.54, 1.807) is 18.3 Å². The molecule has 7 heteroatoms. The van der Waals surface area contributed by atoms with Crippen molar-refractivity contribution in [2.24, 2.45) is 5.92 Å². The van der Waals surface area contributed by atoms with Gasteiger partial charge in [-0.3, -0.25) is 9.78 Å². The van der Waals surface area contributed by atoms with Gasteiger partial charge in [-0.15, -0.1) is 0 Å². The number of aromatic nitrogens is 3. The fourth-order valence-corrected chi connectivity index (χ4v) is 3.93. The molecule has 0 radical (unpaired) electrons. The number of carbonyl (C=O) groups is 1. The topological polar surface area (TPSA) is 72.1 Å². The molecule has 1 aliphatic heterocycles. The number of hydrogen-bond donors (Lipinski definition) is 0. The van der Waals surface area contributed by atoms with Crippen molar-refractivity contribution in [1.29, 1.82) is 0 Å². The number of likely N-dealkylation sites (tertiary alicyclic amines) is 1. The maximum atomic E-state index is 12.5. The summed E-state index contributed by atoms with van der Waals surface area (Å²) in [6.07, 6.45) is 6.60. The number of halogens is 1. The number of pyridine rings is 1. The van der Waals surface area contributed by atoms with Gasteiger partial charge in [0.1, 0.15) is 5.69 Å². The smallest absolute Gasteiger partial charge is 0.232 e. The van der Waals surface area contributed by atoms with Gasteiger partial charge in [-0.25, -0.2) is 0 Å². The van der Waals surface area contributed by atoms with Crippen LogP contribution in [0, 0.1) is 5.92 Å². The molecular weight excluding hydrogens is 340 g/mol. The Morgan fingerprint density at radius 2 is 2.04 bits per heavy atom. The van der Waals surface area contributed by atoms with Gasteiger partial charge in [0.15, 0.2) is 0 Å². The van der Waals surface area contributed by atoms with Crippen LogP contribution in [0.1, 0.15) is 50.8 Å². The Morgan fingerprint density at radius 1 is 1.24 bits per heavy atom. The van der Waals surface area contributed by atoms with E-state index in [0.717, 1.165) is 18.8 Å². The van der Waals surface area contributed by atoms with Crippen molar-refractivity contribution in [3.05, 3.63) is 29.2 Å². The van der Waals surface area contributed by atoms with E-state index in [9.17, 15) is 4.79 Å². The monoisotopic (exact) mass is 360 g/mol. The van der Waals surface area contributed by atoms with Crippen LogP contribution in [0.25, 0.3) is 11.5 Å². The first kappa shape index (κ1) is 16.5. The fourth-order valence-electron chi connectivity index (χ4n) is 3.82. The van der Waals surface area contributed by atoms with Crippen molar-refractivity contribution in [1.82, 2.24) is 20.0 Å². The summed E-state index contributed by atoms with van der Waals surface area (Å²) >= 11 is 5.85. The zero-order valence-electron chi connectivity index (χ0n) is 14.2. The number of amides is 1. The average molecular weight is 361 g/mol. The van der Waals surface area contributed by atoms with E-state index in [1.807, 2.05) is 4.90 Å². The van der Waals surface area contributed by atoms with Gasteiger partial charge in [0.2, 0.25) is 17.6 Å². The van der Waals surface area contributed by atoms with Crippen LogP contribution in [0.3, 0.4) is 0 Å². The Morgan fingerprint density at radius 3 is 2.76 bits per heavy atom. The first-order chi connectivity index (χ1) is 12.1. The van der Waals surface area contributed by atoms with Crippen LogP contribution in [0.2, 0.25) is 5.02 Å². The Bertz CT molecular complexity index is 753. The highest BCUT2D eigenvalue weighted by Crippen LogP contribution is 2.34. The molecule has 1 saturated carbocycles. The molecule has 1 aliphatic carbocycles. The molecule has 2 aromatic heterocycles. The minimum Gasteiger partial charge on any atom is -0.339 e. The lowest BCUT2D eigenvalue weighted by molar-refractivity contribution is -0.130. The van der Waals surface area contributed by atoms with E-state index in [0.29, 0.717) is 41.4 Å². The van der Waals surface area contributed by atoms with Gasteiger partial charge < -0.3 is 9.42 Å². The largest absolute Gasteiger partial charge is 0.339 e. The summed E-state index contributed by atoms with van der Waals surface area (Å²) in [5, 5.41) is 4.57. The molecule has 2 fully saturated rings. The van der Waals surface area contributed by atoms with E-state index in [-0.39, 0.29) is 11.8 Å². The quantitative estimate of drug-likeness (QED) is 0.834. The summed E-state index contributed by atoms with van der Waals surface area (Å²) in [7, 11) is 0. The van der Waals surface area contributed by atoms with Gasteiger partial charge in [0.25, 0.3) is 0 Å². The zero-order valence-corrected chi connectivity index (χ0v) is 14.9. The highest BCUT2D eigenvalue weighted by Gasteiger charge is 2.38. The van der Waals surface area contributed by atoms with Crippen LogP contribution < -0.4 is 0 Å². The predicted octanol–water partition coefficient (Wildman–Crippen LogP) is 3.68. The lowest BCUT2D eigenvalue weighted by Gasteiger charge is -2.33. The van der Waals surface area contributed by atoms with Crippen LogP contribution in [0.4, 0.5) is 0 Å². The zero-order chi connectivity index (χ0) is 17.4. The summed E-state index contributed by atoms with van der Waals surface area (Å²) in [6.45, 7) is 2.96. The van der Waals surface area contributed by atoms with Crippen molar-refractivity contribution < 1.29 is 9.32 Å². The average Bonchev–Trinajstić information content (AvgIpc) is 3.23. The molecule has 2 aliphatic rings. The van der Waals surface area contributed by atoms with Crippen molar-refractivity contribution in [2.45, 2.75) is 51.0 Å². The maximum Gasteiger partial charge on any atom is 0.232 e. The molecule has 6 nitrogen and oxygen atoms in total. The van der Waals surface area contributed by atoms with Crippen molar-refractivity contribution in [3.8, 4) is 11.5 Å². The first-order valence-corrected chi connectivity index (χ1v) is 9.23. The minimum absolute atomic E-state index is 0.0274. The van der Waals surface area contributed by atoms with Crippen LogP contribution in [-0.4, -0.2) is 38.5 Å². The van der Waals surface area contributed by atoms with E-state index in [1.165, 1.54) is 12.8 Å². The van der Waals surface area contributed by atoms with Gasteiger partial charge in [0.05, 0.1) is 10.9 Å². The lowest BCUT2D eigenvalue weighted by atomic mass is 9.87. The molecule has 4 rings (SSSR count). The van der Waals surface area contributed by atoms with Gasteiger partial charge >= 0.3 is 0 Å². The highest BCUT2D eigenvalue weighted by atomic mass is 35.5. The third-order valence-electron chi connectivity index (χ3n) is 5.33. The highest BCUT2D eigenvalue weighted by molar-refractivity contribution is 6.30. The molecule has 1 atom stereocenters. The Kier molecular flexibility index (Phi) is 4.46. The summed E-state index contributed by atoms with van der Waals surface area (Å²) in [6, 6.07) is 3.87. The van der Waals surface area contributed by atoms with Crippen LogP contribution in [0.5, 0.6) is 0 Å². The van der Waals surface area contributed by atoms with E-state index in [2.05, 4.69) is 22.0 Å². The minimum atomic E-state index is -0.0274. The second-order valence-corrected chi connectivity index (χ2v) is 7.62. The molecule has 3 heterocycles. The van der Waals surface area contributed by atoms with Gasteiger partial charge in [-0.2, -0.15) is 4.98 Å². The molecule has 1 unspecified atom stereocenters. The third-order valence-corrected chi connectivity index (χ3v) is 5.56. The summed E-state index contributed by atoms with van der Waals surface area (Å²) in [4.78, 5) is 23.2. The maximum absolute atomic E-state index is 12.5. The molecule has 0 N–H and O–H groups in total. The summed E-state index contributed by atoms with van der Waals surface area (Å²) in [5.41, 5.74) is 0.613. The molecule has 0 spiro atoms. The normalized spacial score (nSPS) is 27.0. The number of hydrogen-bond acceptors (Lipinski definition) is 5. The van der Waals surface area contributed by atoms with Crippen LogP contribution in [-0.2, 0) is 4.79 Å². The molecule has 1 amide bonds. The lowest BCUT2D eigenvalue weighted by Crippen LogP contribution is -2.38. The Hall–Kier alpha value is -1.95. The van der Waals surface area contributed by atoms with Gasteiger partial charge in [0, 0.05) is 25.2 Å². The van der Waals surface area contributed by atoms with Crippen molar-refractivity contribution >= 4 is 17.5 Å². The first-order valence-electron chi connectivity index (χ1n) is 8.85. The molecule has 25 heavy (non-hydrogen) atoms. The number of nitrogens with zero attached hydrogens (tertiary/aromatic N) is 4. The third kappa shape index (κ3) is 3.40. The SMILES string of the molecule is CC1CCC(N2CC(c3nc(-c4ccc(Cl)cn4)no3)CC2=O)CC1. The Balaban J connectivity index is 1.46.